The first-order chi connectivity index (χ1) is 8.13. The van der Waals surface area contributed by atoms with Crippen LogP contribution in [0.4, 0.5) is 0 Å². The third-order valence-corrected chi connectivity index (χ3v) is 5.28. The Kier molecular flexibility index (Phi) is 4.23. The molecule has 3 heteroatoms. The molecule has 17 heavy (non-hydrogen) atoms. The van der Waals surface area contributed by atoms with E-state index in [4.69, 9.17) is 5.73 Å². The quantitative estimate of drug-likeness (QED) is 0.864. The van der Waals surface area contributed by atoms with Gasteiger partial charge in [0.1, 0.15) is 0 Å². The van der Waals surface area contributed by atoms with Crippen LogP contribution < -0.4 is 11.1 Å². The van der Waals surface area contributed by atoms with Gasteiger partial charge in [0.25, 0.3) is 0 Å². The zero-order chi connectivity index (χ0) is 12.4. The van der Waals surface area contributed by atoms with Crippen molar-refractivity contribution in [1.82, 2.24) is 5.32 Å². The Hall–Kier alpha value is -0.380. The van der Waals surface area contributed by atoms with Gasteiger partial charge in [0.15, 0.2) is 0 Å². The molecule has 1 saturated heterocycles. The first-order valence-corrected chi connectivity index (χ1v) is 7.55. The summed E-state index contributed by atoms with van der Waals surface area (Å²) in [4.78, 5) is 1.47. The molecule has 1 aliphatic rings. The van der Waals surface area contributed by atoms with Gasteiger partial charge in [0, 0.05) is 4.88 Å². The van der Waals surface area contributed by atoms with Crippen LogP contribution in [0, 0.1) is 19.8 Å². The van der Waals surface area contributed by atoms with E-state index in [2.05, 4.69) is 31.5 Å². The third kappa shape index (κ3) is 2.72. The second-order valence-electron chi connectivity index (χ2n) is 5.24. The average Bonchev–Trinajstić information content (AvgIpc) is 2.85. The molecule has 0 amide bonds. The lowest BCUT2D eigenvalue weighted by atomic mass is 9.85. The number of hydrogen-bond acceptors (Lipinski definition) is 3. The smallest absolute Gasteiger partial charge is 0.0576 e. The van der Waals surface area contributed by atoms with E-state index in [0.717, 1.165) is 6.54 Å². The van der Waals surface area contributed by atoms with Crippen molar-refractivity contribution in [3.63, 3.8) is 0 Å². The van der Waals surface area contributed by atoms with Crippen LogP contribution in [0.3, 0.4) is 0 Å². The molecule has 1 aromatic rings. The molecule has 0 radical (unpaired) electrons. The number of hydrogen-bond donors (Lipinski definition) is 2. The molecule has 0 saturated carbocycles. The van der Waals surface area contributed by atoms with Crippen LogP contribution in [0.25, 0.3) is 0 Å². The van der Waals surface area contributed by atoms with Crippen molar-refractivity contribution < 1.29 is 0 Å². The molecule has 3 unspecified atom stereocenters. The summed E-state index contributed by atoms with van der Waals surface area (Å²) in [5, 5.41) is 5.70. The Bertz CT molecular complexity index is 372. The first-order valence-electron chi connectivity index (χ1n) is 6.67. The second-order valence-corrected chi connectivity index (χ2v) is 6.33. The van der Waals surface area contributed by atoms with Crippen molar-refractivity contribution in [1.29, 1.82) is 0 Å². The van der Waals surface area contributed by atoms with Crippen molar-refractivity contribution in [3.05, 3.63) is 21.4 Å². The zero-order valence-electron chi connectivity index (χ0n) is 11.1. The van der Waals surface area contributed by atoms with Crippen LogP contribution in [-0.2, 0) is 0 Å². The lowest BCUT2D eigenvalue weighted by Gasteiger charge is -2.22. The first kappa shape index (κ1) is 13.1. The van der Waals surface area contributed by atoms with E-state index >= 15 is 0 Å². The maximum Gasteiger partial charge on any atom is 0.0576 e. The van der Waals surface area contributed by atoms with Crippen LogP contribution in [0.1, 0.15) is 48.1 Å². The molecule has 3 atom stereocenters. The van der Waals surface area contributed by atoms with Gasteiger partial charge in [-0.05, 0) is 68.0 Å². The highest BCUT2D eigenvalue weighted by Crippen LogP contribution is 2.35. The topological polar surface area (TPSA) is 38.0 Å². The van der Waals surface area contributed by atoms with Gasteiger partial charge in [-0.15, -0.1) is 11.3 Å². The van der Waals surface area contributed by atoms with Gasteiger partial charge < -0.3 is 11.1 Å². The molecule has 1 aromatic heterocycles. The van der Waals surface area contributed by atoms with Gasteiger partial charge in [0.05, 0.1) is 6.17 Å². The van der Waals surface area contributed by atoms with Crippen molar-refractivity contribution in [3.8, 4) is 0 Å². The molecule has 2 heterocycles. The van der Waals surface area contributed by atoms with E-state index < -0.39 is 0 Å². The predicted molar refractivity (Wildman–Crippen MR) is 75.5 cm³/mol. The highest BCUT2D eigenvalue weighted by molar-refractivity contribution is 7.10. The summed E-state index contributed by atoms with van der Waals surface area (Å²) in [6.07, 6.45) is 3.91. The molecule has 3 N–H and O–H groups in total. The number of rotatable bonds is 4. The van der Waals surface area contributed by atoms with Gasteiger partial charge in [-0.2, -0.15) is 0 Å². The zero-order valence-corrected chi connectivity index (χ0v) is 11.9. The molecule has 1 aliphatic heterocycles. The summed E-state index contributed by atoms with van der Waals surface area (Å²) >= 11 is 1.89. The lowest BCUT2D eigenvalue weighted by molar-refractivity contribution is 0.387. The van der Waals surface area contributed by atoms with Gasteiger partial charge in [-0.1, -0.05) is 6.92 Å². The number of aryl methyl sites for hydroxylation is 1. The third-order valence-electron chi connectivity index (χ3n) is 4.25. The monoisotopic (exact) mass is 252 g/mol. The Morgan fingerprint density at radius 1 is 1.53 bits per heavy atom. The van der Waals surface area contributed by atoms with Crippen LogP contribution in [-0.4, -0.2) is 12.7 Å². The summed E-state index contributed by atoms with van der Waals surface area (Å²) in [6.45, 7) is 7.87. The minimum Gasteiger partial charge on any atom is -0.316 e. The standard InChI is InChI=1S/C14H24N2S/c1-4-11(7-12-5-6-16-14(12)15)13-8-17-10(3)9(13)2/h8,11-12,14,16H,4-7,15H2,1-3H3. The molecule has 96 valence electrons. The fourth-order valence-corrected chi connectivity index (χ4v) is 3.83. The summed E-state index contributed by atoms with van der Waals surface area (Å²) in [6, 6.07) is 0. The van der Waals surface area contributed by atoms with Crippen molar-refractivity contribution in [2.45, 2.75) is 52.1 Å². The summed E-state index contributed by atoms with van der Waals surface area (Å²) in [5.74, 6) is 1.34. The number of nitrogens with one attached hydrogen (secondary N) is 1. The second kappa shape index (κ2) is 5.51. The highest BCUT2D eigenvalue weighted by Gasteiger charge is 2.27. The Labute approximate surface area is 109 Å². The highest BCUT2D eigenvalue weighted by atomic mass is 32.1. The van der Waals surface area contributed by atoms with E-state index in [0.29, 0.717) is 11.8 Å². The normalized spacial score (nSPS) is 26.4. The fraction of sp³-hybridized carbons (Fsp3) is 0.714. The van der Waals surface area contributed by atoms with E-state index in [9.17, 15) is 0 Å². The molecule has 1 fully saturated rings. The minimum absolute atomic E-state index is 0.212. The molecular formula is C14H24N2S. The van der Waals surface area contributed by atoms with Gasteiger partial charge in [0.2, 0.25) is 0 Å². The lowest BCUT2D eigenvalue weighted by Crippen LogP contribution is -2.36. The molecule has 2 rings (SSSR count). The van der Waals surface area contributed by atoms with Crippen molar-refractivity contribution >= 4 is 11.3 Å². The average molecular weight is 252 g/mol. The molecule has 2 nitrogen and oxygen atoms in total. The van der Waals surface area contributed by atoms with Crippen molar-refractivity contribution in [2.75, 3.05) is 6.54 Å². The molecule has 0 bridgehead atoms. The van der Waals surface area contributed by atoms with Crippen LogP contribution in [0.2, 0.25) is 0 Å². The largest absolute Gasteiger partial charge is 0.316 e. The van der Waals surface area contributed by atoms with Gasteiger partial charge >= 0.3 is 0 Å². The van der Waals surface area contributed by atoms with Crippen molar-refractivity contribution in [2.24, 2.45) is 11.7 Å². The summed E-state index contributed by atoms with van der Waals surface area (Å²) < 4.78 is 0. The number of thiophene rings is 1. The molecule has 0 spiro atoms. The van der Waals surface area contributed by atoms with E-state index in [1.807, 2.05) is 11.3 Å². The van der Waals surface area contributed by atoms with E-state index in [1.165, 1.54) is 29.7 Å². The maximum atomic E-state index is 6.09. The fourth-order valence-electron chi connectivity index (χ4n) is 2.86. The van der Waals surface area contributed by atoms with Crippen LogP contribution in [0.5, 0.6) is 0 Å². The molecular weight excluding hydrogens is 228 g/mol. The molecule has 0 aromatic carbocycles. The van der Waals surface area contributed by atoms with Gasteiger partial charge in [-0.25, -0.2) is 0 Å². The number of nitrogens with two attached hydrogens (primary N) is 1. The summed E-state index contributed by atoms with van der Waals surface area (Å²) in [5.41, 5.74) is 9.16. The molecule has 0 aliphatic carbocycles. The predicted octanol–water partition coefficient (Wildman–Crippen LogP) is 3.14. The SMILES string of the molecule is CCC(CC1CCNC1N)c1csc(C)c1C. The van der Waals surface area contributed by atoms with E-state index in [-0.39, 0.29) is 6.17 Å². The summed E-state index contributed by atoms with van der Waals surface area (Å²) in [7, 11) is 0. The van der Waals surface area contributed by atoms with Crippen LogP contribution in [0.15, 0.2) is 5.38 Å². The van der Waals surface area contributed by atoms with Crippen LogP contribution >= 0.6 is 11.3 Å². The Morgan fingerprint density at radius 3 is 2.76 bits per heavy atom. The maximum absolute atomic E-state index is 6.09. The minimum atomic E-state index is 0.212. The van der Waals surface area contributed by atoms with Gasteiger partial charge in [-0.3, -0.25) is 0 Å². The van der Waals surface area contributed by atoms with E-state index in [1.54, 1.807) is 5.56 Å². The Balaban J connectivity index is 2.08. The Morgan fingerprint density at radius 2 is 2.29 bits per heavy atom.